The topological polar surface area (TPSA) is 82.6 Å². The SMILES string of the molecule is COc1cc(OC)nc(NC(=O)OC(C)C)n1. The van der Waals surface area contributed by atoms with Gasteiger partial charge >= 0.3 is 6.09 Å². The number of anilines is 1. The molecular formula is C10H15N3O4. The highest BCUT2D eigenvalue weighted by Crippen LogP contribution is 2.17. The summed E-state index contributed by atoms with van der Waals surface area (Å²) < 4.78 is 14.8. The normalized spacial score (nSPS) is 9.94. The summed E-state index contributed by atoms with van der Waals surface area (Å²) in [5, 5.41) is 2.38. The highest BCUT2D eigenvalue weighted by atomic mass is 16.6. The molecule has 17 heavy (non-hydrogen) atoms. The van der Waals surface area contributed by atoms with Gasteiger partial charge in [-0.25, -0.2) is 4.79 Å². The Bertz CT molecular complexity index is 373. The second-order valence-corrected chi connectivity index (χ2v) is 3.36. The van der Waals surface area contributed by atoms with Crippen molar-refractivity contribution < 1.29 is 19.0 Å². The van der Waals surface area contributed by atoms with E-state index in [9.17, 15) is 4.79 Å². The van der Waals surface area contributed by atoms with Gasteiger partial charge in [0, 0.05) is 0 Å². The Morgan fingerprint density at radius 1 is 1.24 bits per heavy atom. The molecule has 0 fully saturated rings. The Balaban J connectivity index is 2.79. The van der Waals surface area contributed by atoms with Crippen LogP contribution in [0.5, 0.6) is 11.8 Å². The molecule has 0 aliphatic heterocycles. The maximum atomic E-state index is 11.3. The van der Waals surface area contributed by atoms with Crippen LogP contribution in [0.2, 0.25) is 0 Å². The zero-order chi connectivity index (χ0) is 12.8. The minimum atomic E-state index is -0.629. The first kappa shape index (κ1) is 13.0. The van der Waals surface area contributed by atoms with Crippen LogP contribution in [0.4, 0.5) is 10.7 Å². The summed E-state index contributed by atoms with van der Waals surface area (Å²) >= 11 is 0. The van der Waals surface area contributed by atoms with Crippen molar-refractivity contribution in [1.29, 1.82) is 0 Å². The number of methoxy groups -OCH3 is 2. The molecule has 0 aliphatic carbocycles. The minimum absolute atomic E-state index is 0.0619. The molecule has 7 heteroatoms. The fourth-order valence-electron chi connectivity index (χ4n) is 1.00. The maximum absolute atomic E-state index is 11.3. The zero-order valence-corrected chi connectivity index (χ0v) is 10.2. The molecule has 1 N–H and O–H groups in total. The number of amides is 1. The van der Waals surface area contributed by atoms with Crippen molar-refractivity contribution >= 4 is 12.0 Å². The van der Waals surface area contributed by atoms with Crippen molar-refractivity contribution in [1.82, 2.24) is 9.97 Å². The lowest BCUT2D eigenvalue weighted by molar-refractivity contribution is 0.129. The lowest BCUT2D eigenvalue weighted by Gasteiger charge is -2.09. The Kier molecular flexibility index (Phi) is 4.50. The Morgan fingerprint density at radius 2 is 1.76 bits per heavy atom. The molecule has 0 saturated heterocycles. The van der Waals surface area contributed by atoms with Gasteiger partial charge in [-0.2, -0.15) is 9.97 Å². The molecule has 0 unspecified atom stereocenters. The zero-order valence-electron chi connectivity index (χ0n) is 10.2. The number of nitrogens with one attached hydrogen (secondary N) is 1. The van der Waals surface area contributed by atoms with E-state index in [1.807, 2.05) is 0 Å². The Labute approximate surface area is 99.1 Å². The van der Waals surface area contributed by atoms with E-state index in [0.717, 1.165) is 0 Å². The predicted molar refractivity (Wildman–Crippen MR) is 60.4 cm³/mol. The van der Waals surface area contributed by atoms with Crippen LogP contribution in [0, 0.1) is 0 Å². The van der Waals surface area contributed by atoms with Gasteiger partial charge in [0.1, 0.15) is 0 Å². The van der Waals surface area contributed by atoms with E-state index < -0.39 is 6.09 Å². The highest BCUT2D eigenvalue weighted by Gasteiger charge is 2.10. The first-order valence-electron chi connectivity index (χ1n) is 5.00. The van der Waals surface area contributed by atoms with Crippen molar-refractivity contribution in [2.24, 2.45) is 0 Å². The molecule has 0 aromatic carbocycles. The lowest BCUT2D eigenvalue weighted by Crippen LogP contribution is -2.19. The molecule has 0 aliphatic rings. The number of rotatable bonds is 4. The average Bonchev–Trinajstić information content (AvgIpc) is 2.27. The van der Waals surface area contributed by atoms with Crippen LogP contribution in [-0.2, 0) is 4.74 Å². The van der Waals surface area contributed by atoms with Crippen molar-refractivity contribution in [3.8, 4) is 11.8 Å². The van der Waals surface area contributed by atoms with Gasteiger partial charge in [0.05, 0.1) is 26.4 Å². The summed E-state index contributed by atoms with van der Waals surface area (Å²) in [6.07, 6.45) is -0.849. The Hall–Kier alpha value is -2.05. The largest absolute Gasteiger partial charge is 0.481 e. The molecule has 1 rings (SSSR count). The van der Waals surface area contributed by atoms with Crippen molar-refractivity contribution in [3.05, 3.63) is 6.07 Å². The summed E-state index contributed by atoms with van der Waals surface area (Å²) in [6.45, 7) is 3.49. The number of nitrogens with zero attached hydrogens (tertiary/aromatic N) is 2. The number of hydrogen-bond donors (Lipinski definition) is 1. The summed E-state index contributed by atoms with van der Waals surface area (Å²) in [5.74, 6) is 0.639. The van der Waals surface area contributed by atoms with Gasteiger partial charge in [-0.05, 0) is 13.8 Å². The first-order chi connectivity index (χ1) is 8.05. The second kappa shape index (κ2) is 5.88. The smallest absolute Gasteiger partial charge is 0.414 e. The van der Waals surface area contributed by atoms with Gasteiger partial charge < -0.3 is 14.2 Å². The summed E-state index contributed by atoms with van der Waals surface area (Å²) in [7, 11) is 2.91. The monoisotopic (exact) mass is 241 g/mol. The molecule has 7 nitrogen and oxygen atoms in total. The molecule has 0 bridgehead atoms. The van der Waals surface area contributed by atoms with Gasteiger partial charge in [-0.1, -0.05) is 0 Å². The number of carbonyl (C=O) groups excluding carboxylic acids is 1. The number of hydrogen-bond acceptors (Lipinski definition) is 6. The van der Waals surface area contributed by atoms with Crippen LogP contribution in [0.15, 0.2) is 6.07 Å². The predicted octanol–water partition coefficient (Wildman–Crippen LogP) is 1.45. The molecule has 0 saturated carbocycles. The third-order valence-electron chi connectivity index (χ3n) is 1.65. The average molecular weight is 241 g/mol. The molecule has 1 heterocycles. The summed E-state index contributed by atoms with van der Waals surface area (Å²) in [6, 6.07) is 1.50. The van der Waals surface area contributed by atoms with E-state index in [4.69, 9.17) is 14.2 Å². The van der Waals surface area contributed by atoms with Gasteiger partial charge in [-0.15, -0.1) is 0 Å². The molecule has 0 radical (unpaired) electrons. The van der Waals surface area contributed by atoms with Crippen LogP contribution in [-0.4, -0.2) is 36.4 Å². The van der Waals surface area contributed by atoms with E-state index in [1.54, 1.807) is 13.8 Å². The second-order valence-electron chi connectivity index (χ2n) is 3.36. The number of carbonyl (C=O) groups is 1. The van der Waals surface area contributed by atoms with Crippen LogP contribution < -0.4 is 14.8 Å². The van der Waals surface area contributed by atoms with Crippen molar-refractivity contribution in [3.63, 3.8) is 0 Å². The number of ether oxygens (including phenoxy) is 3. The fourth-order valence-corrected chi connectivity index (χ4v) is 1.00. The van der Waals surface area contributed by atoms with Crippen LogP contribution >= 0.6 is 0 Å². The molecule has 1 amide bonds. The van der Waals surface area contributed by atoms with Gasteiger partial charge in [-0.3, -0.25) is 5.32 Å². The van der Waals surface area contributed by atoms with E-state index in [1.165, 1.54) is 20.3 Å². The number of aromatic nitrogens is 2. The van der Waals surface area contributed by atoms with Gasteiger partial charge in [0.15, 0.2) is 0 Å². The van der Waals surface area contributed by atoms with Gasteiger partial charge in [0.25, 0.3) is 0 Å². The van der Waals surface area contributed by atoms with Crippen LogP contribution in [0.3, 0.4) is 0 Å². The molecular weight excluding hydrogens is 226 g/mol. The molecule has 94 valence electrons. The van der Waals surface area contributed by atoms with Crippen molar-refractivity contribution in [2.45, 2.75) is 20.0 Å². The summed E-state index contributed by atoms with van der Waals surface area (Å²) in [5.41, 5.74) is 0. The maximum Gasteiger partial charge on any atom is 0.414 e. The molecule has 0 atom stereocenters. The summed E-state index contributed by atoms with van der Waals surface area (Å²) in [4.78, 5) is 19.2. The van der Waals surface area contributed by atoms with E-state index in [-0.39, 0.29) is 23.8 Å². The first-order valence-corrected chi connectivity index (χ1v) is 5.00. The van der Waals surface area contributed by atoms with Crippen LogP contribution in [0.1, 0.15) is 13.8 Å². The van der Waals surface area contributed by atoms with E-state index in [0.29, 0.717) is 0 Å². The minimum Gasteiger partial charge on any atom is -0.481 e. The third-order valence-corrected chi connectivity index (χ3v) is 1.65. The third kappa shape index (κ3) is 4.13. The highest BCUT2D eigenvalue weighted by molar-refractivity contribution is 5.82. The molecule has 1 aromatic rings. The Morgan fingerprint density at radius 3 is 2.18 bits per heavy atom. The van der Waals surface area contributed by atoms with E-state index >= 15 is 0 Å². The molecule has 1 aromatic heterocycles. The van der Waals surface area contributed by atoms with Gasteiger partial charge in [0.2, 0.25) is 17.7 Å². The fraction of sp³-hybridized carbons (Fsp3) is 0.500. The lowest BCUT2D eigenvalue weighted by atomic mass is 10.5. The van der Waals surface area contributed by atoms with Crippen LogP contribution in [0.25, 0.3) is 0 Å². The van der Waals surface area contributed by atoms with Crippen molar-refractivity contribution in [2.75, 3.05) is 19.5 Å². The molecule has 0 spiro atoms. The quantitative estimate of drug-likeness (QED) is 0.859. The standard InChI is InChI=1S/C10H15N3O4/c1-6(2)17-10(14)13-9-11-7(15-3)5-8(12-9)16-4/h5-6H,1-4H3,(H,11,12,13,14). The van der Waals surface area contributed by atoms with E-state index in [2.05, 4.69) is 15.3 Å².